The summed E-state index contributed by atoms with van der Waals surface area (Å²) in [6.07, 6.45) is 4.28. The van der Waals surface area contributed by atoms with Gasteiger partial charge in [0.1, 0.15) is 6.54 Å². The summed E-state index contributed by atoms with van der Waals surface area (Å²) in [7, 11) is 0. The van der Waals surface area contributed by atoms with Crippen molar-refractivity contribution in [2.24, 2.45) is 0 Å². The van der Waals surface area contributed by atoms with Crippen LogP contribution in [0.3, 0.4) is 0 Å². The number of nitrogens with zero attached hydrogens (tertiary/aromatic N) is 1. The van der Waals surface area contributed by atoms with Crippen molar-refractivity contribution in [3.8, 4) is 0 Å². The van der Waals surface area contributed by atoms with Crippen molar-refractivity contribution in [2.45, 2.75) is 13.0 Å². The van der Waals surface area contributed by atoms with Crippen molar-refractivity contribution < 1.29 is 14.5 Å². The lowest BCUT2D eigenvalue weighted by Gasteiger charge is -2.04. The number of carbonyl (C=O) groups is 1. The minimum atomic E-state index is -0.0624. The molecule has 0 unspecified atom stereocenters. The standard InChI is InChI=1S/C21H19N3O2S/c25-20(14-22-12-17-8-4-10-26-17)24-21-23-13-18(27-21)11-16-7-3-6-15-5-1-2-9-19(15)16/h1-10,13,22H,11-12,14H2,(H,23,24,25)/p+1. The minimum absolute atomic E-state index is 0.0624. The second kappa shape index (κ2) is 8.16. The first-order chi connectivity index (χ1) is 13.3. The molecular formula is C21H20N3O2S+. The summed E-state index contributed by atoms with van der Waals surface area (Å²) in [5.41, 5.74) is 1.27. The molecule has 136 valence electrons. The van der Waals surface area contributed by atoms with E-state index in [1.807, 2.05) is 23.6 Å². The van der Waals surface area contributed by atoms with Crippen LogP contribution in [0.15, 0.2) is 71.5 Å². The number of nitrogens with two attached hydrogens (primary N) is 1. The molecule has 0 aliphatic heterocycles. The first-order valence-corrected chi connectivity index (χ1v) is 9.65. The van der Waals surface area contributed by atoms with Crippen LogP contribution in [-0.2, 0) is 17.8 Å². The minimum Gasteiger partial charge on any atom is -0.463 e. The molecule has 3 N–H and O–H groups in total. The maximum Gasteiger partial charge on any atom is 0.281 e. The molecule has 27 heavy (non-hydrogen) atoms. The molecule has 0 saturated carbocycles. The molecular weight excluding hydrogens is 358 g/mol. The number of fused-ring (bicyclic) bond motifs is 1. The Morgan fingerprint density at radius 2 is 2.00 bits per heavy atom. The van der Waals surface area contributed by atoms with Gasteiger partial charge in [0.15, 0.2) is 17.4 Å². The van der Waals surface area contributed by atoms with Crippen molar-refractivity contribution in [1.29, 1.82) is 0 Å². The number of hydrogen-bond donors (Lipinski definition) is 2. The number of nitrogens with one attached hydrogen (secondary N) is 1. The maximum absolute atomic E-state index is 12.1. The molecule has 2 heterocycles. The molecule has 1 amide bonds. The van der Waals surface area contributed by atoms with Gasteiger partial charge in [-0.25, -0.2) is 4.98 Å². The van der Waals surface area contributed by atoms with Gasteiger partial charge in [0, 0.05) is 17.5 Å². The van der Waals surface area contributed by atoms with E-state index in [1.54, 1.807) is 6.26 Å². The predicted molar refractivity (Wildman–Crippen MR) is 107 cm³/mol. The van der Waals surface area contributed by atoms with Crippen molar-refractivity contribution in [2.75, 3.05) is 11.9 Å². The number of amides is 1. The highest BCUT2D eigenvalue weighted by atomic mass is 32.1. The molecule has 5 nitrogen and oxygen atoms in total. The quantitative estimate of drug-likeness (QED) is 0.519. The summed E-state index contributed by atoms with van der Waals surface area (Å²) >= 11 is 1.52. The second-order valence-corrected chi connectivity index (χ2v) is 7.39. The highest BCUT2D eigenvalue weighted by Crippen LogP contribution is 2.25. The Bertz CT molecular complexity index is 1040. The van der Waals surface area contributed by atoms with Gasteiger partial charge in [0.2, 0.25) is 0 Å². The number of thiazole rings is 1. The van der Waals surface area contributed by atoms with E-state index >= 15 is 0 Å². The van der Waals surface area contributed by atoms with E-state index in [-0.39, 0.29) is 5.91 Å². The summed E-state index contributed by atoms with van der Waals surface area (Å²) in [6.45, 7) is 0.976. The van der Waals surface area contributed by atoms with Crippen LogP contribution in [0.2, 0.25) is 0 Å². The Balaban J connectivity index is 1.35. The fraction of sp³-hybridized carbons (Fsp3) is 0.143. The molecule has 0 bridgehead atoms. The van der Waals surface area contributed by atoms with Crippen molar-refractivity contribution in [1.82, 2.24) is 4.98 Å². The molecule has 0 saturated heterocycles. The lowest BCUT2D eigenvalue weighted by molar-refractivity contribution is -0.661. The SMILES string of the molecule is O=C(C[NH2+]Cc1ccco1)Nc1ncc(Cc2cccc3ccccc23)s1. The molecule has 0 fully saturated rings. The summed E-state index contributed by atoms with van der Waals surface area (Å²) in [5.74, 6) is 0.794. The van der Waals surface area contributed by atoms with Gasteiger partial charge in [-0.1, -0.05) is 42.5 Å². The van der Waals surface area contributed by atoms with Crippen LogP contribution in [0.25, 0.3) is 10.8 Å². The van der Waals surface area contributed by atoms with Crippen LogP contribution in [0.5, 0.6) is 0 Å². The summed E-state index contributed by atoms with van der Waals surface area (Å²) in [4.78, 5) is 17.5. The Morgan fingerprint density at radius 1 is 1.11 bits per heavy atom. The molecule has 4 aromatic rings. The zero-order chi connectivity index (χ0) is 18.5. The number of rotatable bonds is 7. The lowest BCUT2D eigenvalue weighted by Crippen LogP contribution is -2.84. The molecule has 0 spiro atoms. The van der Waals surface area contributed by atoms with E-state index in [1.165, 1.54) is 27.7 Å². The fourth-order valence-corrected chi connectivity index (χ4v) is 3.88. The van der Waals surface area contributed by atoms with Gasteiger partial charge in [-0.05, 0) is 28.5 Å². The van der Waals surface area contributed by atoms with Gasteiger partial charge >= 0.3 is 0 Å². The van der Waals surface area contributed by atoms with E-state index < -0.39 is 0 Å². The van der Waals surface area contributed by atoms with Crippen LogP contribution in [0, 0.1) is 0 Å². The van der Waals surface area contributed by atoms with E-state index in [4.69, 9.17) is 4.42 Å². The summed E-state index contributed by atoms with van der Waals surface area (Å²) in [6, 6.07) is 18.5. The second-order valence-electron chi connectivity index (χ2n) is 6.27. The third kappa shape index (κ3) is 4.42. The van der Waals surface area contributed by atoms with Crippen molar-refractivity contribution in [3.63, 3.8) is 0 Å². The Labute approximate surface area is 161 Å². The molecule has 6 heteroatoms. The van der Waals surface area contributed by atoms with Gasteiger partial charge in [0.25, 0.3) is 5.91 Å². The molecule has 0 atom stereocenters. The first kappa shape index (κ1) is 17.5. The third-order valence-corrected chi connectivity index (χ3v) is 5.21. The van der Waals surface area contributed by atoms with E-state index in [0.717, 1.165) is 17.1 Å². The van der Waals surface area contributed by atoms with Crippen LogP contribution in [0.4, 0.5) is 5.13 Å². The number of furan rings is 1. The number of hydrogen-bond acceptors (Lipinski definition) is 4. The van der Waals surface area contributed by atoms with Crippen molar-refractivity contribution >= 4 is 33.1 Å². The van der Waals surface area contributed by atoms with Crippen LogP contribution in [0.1, 0.15) is 16.2 Å². The summed E-state index contributed by atoms with van der Waals surface area (Å²) < 4.78 is 5.25. The number of benzene rings is 2. The molecule has 0 aliphatic rings. The summed E-state index contributed by atoms with van der Waals surface area (Å²) in [5, 5.41) is 7.91. The van der Waals surface area contributed by atoms with E-state index in [9.17, 15) is 4.79 Å². The van der Waals surface area contributed by atoms with E-state index in [0.29, 0.717) is 18.2 Å². The monoisotopic (exact) mass is 378 g/mol. The zero-order valence-electron chi connectivity index (χ0n) is 14.7. The molecule has 0 aliphatic carbocycles. The fourth-order valence-electron chi connectivity index (χ4n) is 3.03. The first-order valence-electron chi connectivity index (χ1n) is 8.83. The third-order valence-electron chi connectivity index (χ3n) is 4.30. The van der Waals surface area contributed by atoms with Crippen LogP contribution in [-0.4, -0.2) is 17.4 Å². The highest BCUT2D eigenvalue weighted by Gasteiger charge is 2.10. The van der Waals surface area contributed by atoms with Crippen molar-refractivity contribution in [3.05, 3.63) is 83.3 Å². The van der Waals surface area contributed by atoms with Gasteiger partial charge in [-0.15, -0.1) is 11.3 Å². The number of aromatic nitrogens is 1. The Hall–Kier alpha value is -2.96. The van der Waals surface area contributed by atoms with Gasteiger partial charge in [0.05, 0.1) is 6.26 Å². The maximum atomic E-state index is 12.1. The Morgan fingerprint density at radius 3 is 2.89 bits per heavy atom. The van der Waals surface area contributed by atoms with Gasteiger partial charge in [-0.3, -0.25) is 10.1 Å². The van der Waals surface area contributed by atoms with Crippen LogP contribution < -0.4 is 10.6 Å². The average Bonchev–Trinajstić information content (AvgIpc) is 3.34. The number of anilines is 1. The topological polar surface area (TPSA) is 71.7 Å². The van der Waals surface area contributed by atoms with Gasteiger partial charge in [-0.2, -0.15) is 0 Å². The number of quaternary nitrogens is 1. The predicted octanol–water partition coefficient (Wildman–Crippen LogP) is 3.18. The molecule has 4 rings (SSSR count). The van der Waals surface area contributed by atoms with Gasteiger partial charge < -0.3 is 9.73 Å². The van der Waals surface area contributed by atoms with E-state index in [2.05, 4.69) is 52.8 Å². The molecule has 2 aromatic carbocycles. The normalized spacial score (nSPS) is 11.0. The highest BCUT2D eigenvalue weighted by molar-refractivity contribution is 7.15. The van der Waals surface area contributed by atoms with Crippen LogP contribution >= 0.6 is 11.3 Å². The zero-order valence-corrected chi connectivity index (χ0v) is 15.5. The Kier molecular flexibility index (Phi) is 5.27. The lowest BCUT2D eigenvalue weighted by atomic mass is 10.0. The molecule has 2 aromatic heterocycles. The molecule has 0 radical (unpaired) electrons. The smallest absolute Gasteiger partial charge is 0.281 e. The number of carbonyl (C=O) groups excluding carboxylic acids is 1. The largest absolute Gasteiger partial charge is 0.463 e. The average molecular weight is 378 g/mol.